The molecule has 7 rings (SSSR count). The molecule has 0 radical (unpaired) electrons. The number of ether oxygens (including phenoxy) is 2. The summed E-state index contributed by atoms with van der Waals surface area (Å²) in [5.74, 6) is 1.68. The van der Waals surface area contributed by atoms with Crippen LogP contribution >= 0.6 is 0 Å². The number of unbranched alkanes of at least 4 members (excludes halogenated alkanes) is 1. The monoisotopic (exact) mass is 659 g/mol. The van der Waals surface area contributed by atoms with Gasteiger partial charge in [-0.3, -0.25) is 10.1 Å². The number of aliphatic carboxylic acids is 1. The smallest absolute Gasteiger partial charge is 0.324 e. The lowest BCUT2D eigenvalue weighted by molar-refractivity contribution is -0.169. The van der Waals surface area contributed by atoms with Gasteiger partial charge in [-0.05, 0) is 137 Å². The molecule has 1 unspecified atom stereocenters. The Morgan fingerprint density at radius 3 is 2.21 bits per heavy atom. The van der Waals surface area contributed by atoms with E-state index in [0.29, 0.717) is 40.3 Å². The van der Waals surface area contributed by atoms with E-state index < -0.39 is 17.7 Å². The van der Waals surface area contributed by atoms with Crippen LogP contribution in [-0.4, -0.2) is 77.8 Å². The summed E-state index contributed by atoms with van der Waals surface area (Å²) in [4.78, 5) is 15.3. The molecule has 4 bridgehead atoms. The molecule has 0 aliphatic heterocycles. The molecule has 4 aliphatic carbocycles. The summed E-state index contributed by atoms with van der Waals surface area (Å²) in [6.45, 7) is 6.26. The number of methoxy groups -OCH3 is 2. The van der Waals surface area contributed by atoms with Crippen molar-refractivity contribution in [3.8, 4) is 28.4 Å². The van der Waals surface area contributed by atoms with Crippen LogP contribution in [0, 0.1) is 23.7 Å². The van der Waals surface area contributed by atoms with Crippen LogP contribution < -0.4 is 20.1 Å². The van der Waals surface area contributed by atoms with Crippen molar-refractivity contribution in [2.45, 2.75) is 76.5 Å². The zero-order chi connectivity index (χ0) is 34.2. The minimum absolute atomic E-state index is 0.00719. The van der Waals surface area contributed by atoms with Gasteiger partial charge in [-0.25, -0.2) is 4.68 Å². The predicted octanol–water partition coefficient (Wildman–Crippen LogP) is 6.29. The first-order valence-corrected chi connectivity index (χ1v) is 17.6. The standard InChI is InChI=1S/C38H53N5O5/c1-23(2)29-21-28(39-14-7-8-15-42(3)4)12-13-31(29)43-32(35-33(47-5)10-9-11-34(35)48-6)22-30(41-43)36(44)40-38(37(45)46)26-17-24-16-25(19-26)20-27(38)18-24/h9-13,21-27,36,39-40,44H,7-8,14-20H2,1-6H3,(H,45,46). The highest BCUT2D eigenvalue weighted by atomic mass is 16.5. The minimum Gasteiger partial charge on any atom is -0.496 e. The summed E-state index contributed by atoms with van der Waals surface area (Å²) >= 11 is 0. The van der Waals surface area contributed by atoms with Crippen molar-refractivity contribution >= 4 is 11.7 Å². The number of anilines is 1. The average molecular weight is 660 g/mol. The van der Waals surface area contributed by atoms with E-state index in [1.165, 1.54) is 6.42 Å². The number of hydrogen-bond acceptors (Lipinski definition) is 8. The van der Waals surface area contributed by atoms with Crippen molar-refractivity contribution in [2.75, 3.05) is 46.7 Å². The highest BCUT2D eigenvalue weighted by Gasteiger charge is 2.62. The second-order valence-electron chi connectivity index (χ2n) is 14.8. The van der Waals surface area contributed by atoms with Crippen molar-refractivity contribution in [1.82, 2.24) is 20.0 Å². The minimum atomic E-state index is -1.29. The van der Waals surface area contributed by atoms with E-state index in [1.807, 2.05) is 28.9 Å². The van der Waals surface area contributed by atoms with Crippen LogP contribution in [0.3, 0.4) is 0 Å². The maximum Gasteiger partial charge on any atom is 0.324 e. The number of aliphatic hydroxyl groups excluding tert-OH is 1. The van der Waals surface area contributed by atoms with Crippen LogP contribution in [0.4, 0.5) is 5.69 Å². The van der Waals surface area contributed by atoms with Gasteiger partial charge in [-0.15, -0.1) is 0 Å². The lowest BCUT2D eigenvalue weighted by Gasteiger charge is -2.59. The number of aliphatic hydroxyl groups is 1. The summed E-state index contributed by atoms with van der Waals surface area (Å²) in [5.41, 5.74) is 3.56. The van der Waals surface area contributed by atoms with Crippen molar-refractivity contribution in [3.63, 3.8) is 0 Å². The maximum atomic E-state index is 13.1. The highest BCUT2D eigenvalue weighted by Crippen LogP contribution is 2.59. The molecule has 10 heteroatoms. The molecule has 4 saturated carbocycles. The lowest BCUT2D eigenvalue weighted by atomic mass is 9.48. The highest BCUT2D eigenvalue weighted by molar-refractivity contribution is 5.81. The maximum absolute atomic E-state index is 13.1. The number of carboxylic acid groups (broad SMARTS) is 1. The molecular formula is C38H53N5O5. The third kappa shape index (κ3) is 6.42. The first kappa shape index (κ1) is 34.3. The van der Waals surface area contributed by atoms with Crippen LogP contribution in [-0.2, 0) is 4.79 Å². The fourth-order valence-corrected chi connectivity index (χ4v) is 8.98. The van der Waals surface area contributed by atoms with E-state index in [1.54, 1.807) is 14.2 Å². The van der Waals surface area contributed by atoms with Gasteiger partial charge < -0.3 is 29.9 Å². The quantitative estimate of drug-likeness (QED) is 0.110. The van der Waals surface area contributed by atoms with Crippen LogP contribution in [0.1, 0.15) is 82.2 Å². The molecular weight excluding hydrogens is 606 g/mol. The zero-order valence-electron chi connectivity index (χ0n) is 29.3. The zero-order valence-corrected chi connectivity index (χ0v) is 29.3. The fourth-order valence-electron chi connectivity index (χ4n) is 8.98. The van der Waals surface area contributed by atoms with Crippen LogP contribution in [0.25, 0.3) is 16.9 Å². The number of nitrogens with zero attached hydrogens (tertiary/aromatic N) is 3. The molecule has 4 fully saturated rings. The Kier molecular flexibility index (Phi) is 10.1. The summed E-state index contributed by atoms with van der Waals surface area (Å²) in [6, 6.07) is 13.8. The number of aromatic nitrogens is 2. The van der Waals surface area contributed by atoms with Gasteiger partial charge in [0.2, 0.25) is 0 Å². The molecule has 0 amide bonds. The summed E-state index contributed by atoms with van der Waals surface area (Å²) < 4.78 is 13.5. The van der Waals surface area contributed by atoms with E-state index in [0.717, 1.165) is 68.6 Å². The SMILES string of the molecule is COc1cccc(OC)c1-c1cc(C(O)NC2(C(=O)O)C3CC4CC(C3)CC2C4)nn1-c1ccc(NCCCCN(C)C)cc1C(C)C. The van der Waals surface area contributed by atoms with Crippen LogP contribution in [0.5, 0.6) is 11.5 Å². The number of carbonyl (C=O) groups is 1. The Morgan fingerprint density at radius 2 is 1.65 bits per heavy atom. The van der Waals surface area contributed by atoms with Gasteiger partial charge in [0.15, 0.2) is 6.23 Å². The molecule has 2 aromatic carbocycles. The largest absolute Gasteiger partial charge is 0.496 e. The third-order valence-electron chi connectivity index (χ3n) is 11.1. The Hall–Kier alpha value is -3.60. The van der Waals surface area contributed by atoms with Crippen molar-refractivity contribution < 1.29 is 24.5 Å². The van der Waals surface area contributed by atoms with Gasteiger partial charge in [-0.1, -0.05) is 19.9 Å². The van der Waals surface area contributed by atoms with Gasteiger partial charge in [-0.2, -0.15) is 5.10 Å². The number of nitrogens with one attached hydrogen (secondary N) is 2. The second kappa shape index (κ2) is 14.1. The third-order valence-corrected chi connectivity index (χ3v) is 11.1. The topological polar surface area (TPSA) is 121 Å². The van der Waals surface area contributed by atoms with Gasteiger partial charge in [0, 0.05) is 12.2 Å². The normalized spacial score (nSPS) is 25.1. The summed E-state index contributed by atoms with van der Waals surface area (Å²) in [7, 11) is 7.44. The Morgan fingerprint density at radius 1 is 1.00 bits per heavy atom. The van der Waals surface area contributed by atoms with E-state index in [-0.39, 0.29) is 17.8 Å². The van der Waals surface area contributed by atoms with E-state index in [2.05, 4.69) is 61.7 Å². The molecule has 260 valence electrons. The van der Waals surface area contributed by atoms with Crippen molar-refractivity contribution in [3.05, 3.63) is 53.7 Å². The summed E-state index contributed by atoms with van der Waals surface area (Å²) in [5, 5.41) is 34.5. The van der Waals surface area contributed by atoms with E-state index in [4.69, 9.17) is 14.6 Å². The first-order valence-electron chi connectivity index (χ1n) is 17.6. The molecule has 10 nitrogen and oxygen atoms in total. The number of carboxylic acids is 1. The molecule has 3 aromatic rings. The molecule has 1 heterocycles. The Bertz CT molecular complexity index is 1550. The van der Waals surface area contributed by atoms with Crippen molar-refractivity contribution in [1.29, 1.82) is 0 Å². The number of hydrogen-bond donors (Lipinski definition) is 4. The van der Waals surface area contributed by atoms with Gasteiger partial charge in [0.25, 0.3) is 0 Å². The molecule has 1 aromatic heterocycles. The molecule has 48 heavy (non-hydrogen) atoms. The molecule has 4 aliphatic rings. The Balaban J connectivity index is 1.39. The molecule has 0 saturated heterocycles. The van der Waals surface area contributed by atoms with Gasteiger partial charge in [0.05, 0.1) is 31.2 Å². The first-order chi connectivity index (χ1) is 23.0. The number of benzene rings is 2. The van der Waals surface area contributed by atoms with E-state index in [9.17, 15) is 15.0 Å². The van der Waals surface area contributed by atoms with Gasteiger partial charge in [0.1, 0.15) is 22.7 Å². The molecule has 4 N–H and O–H groups in total. The Labute approximate surface area is 284 Å². The van der Waals surface area contributed by atoms with Crippen LogP contribution in [0.15, 0.2) is 42.5 Å². The average Bonchev–Trinajstić information content (AvgIpc) is 3.50. The van der Waals surface area contributed by atoms with E-state index >= 15 is 0 Å². The van der Waals surface area contributed by atoms with Crippen molar-refractivity contribution in [2.24, 2.45) is 23.7 Å². The van der Waals surface area contributed by atoms with Gasteiger partial charge >= 0.3 is 5.97 Å². The fraction of sp³-hybridized carbons (Fsp3) is 0.579. The lowest BCUT2D eigenvalue weighted by Crippen LogP contribution is -2.69. The van der Waals surface area contributed by atoms with Crippen LogP contribution in [0.2, 0.25) is 0 Å². The molecule has 1 atom stereocenters. The number of rotatable bonds is 15. The molecule has 0 spiro atoms. The summed E-state index contributed by atoms with van der Waals surface area (Å²) in [6.07, 6.45) is 5.69. The predicted molar refractivity (Wildman–Crippen MR) is 188 cm³/mol. The second-order valence-corrected chi connectivity index (χ2v) is 14.8.